The van der Waals surface area contributed by atoms with Crippen LogP contribution in [-0.4, -0.2) is 46.3 Å². The second kappa shape index (κ2) is 10.6. The molecule has 4 rings (SSSR count). The number of hydrazine groups is 1. The minimum absolute atomic E-state index is 0.0603. The van der Waals surface area contributed by atoms with Gasteiger partial charge < -0.3 is 4.74 Å². The molecule has 9 nitrogen and oxygen atoms in total. The smallest absolute Gasteiger partial charge is 0.271 e. The van der Waals surface area contributed by atoms with E-state index in [1.165, 1.54) is 18.5 Å². The summed E-state index contributed by atoms with van der Waals surface area (Å²) < 4.78 is 5.42. The monoisotopic (exact) mass is 472 g/mol. The first kappa shape index (κ1) is 23.6. The summed E-state index contributed by atoms with van der Waals surface area (Å²) in [5, 5.41) is 0.969. The highest BCUT2D eigenvalue weighted by molar-refractivity contribution is 6.23. The molecule has 35 heavy (non-hydrogen) atoms. The summed E-state index contributed by atoms with van der Waals surface area (Å²) in [5.74, 6) is -1.60. The van der Waals surface area contributed by atoms with Gasteiger partial charge in [-0.2, -0.15) is 0 Å². The van der Waals surface area contributed by atoms with Crippen molar-refractivity contribution in [2.45, 2.75) is 25.8 Å². The van der Waals surface area contributed by atoms with E-state index in [2.05, 4.69) is 10.4 Å². The van der Waals surface area contributed by atoms with Gasteiger partial charge in [-0.25, -0.2) is 9.91 Å². The highest BCUT2D eigenvalue weighted by atomic mass is 16.5. The quantitative estimate of drug-likeness (QED) is 0.418. The van der Waals surface area contributed by atoms with E-state index < -0.39 is 29.7 Å². The fraction of sp³-hybridized carbons (Fsp3) is 0.192. The predicted octanol–water partition coefficient (Wildman–Crippen LogP) is 2.53. The van der Waals surface area contributed by atoms with Crippen LogP contribution in [0.1, 0.15) is 29.3 Å². The van der Waals surface area contributed by atoms with Crippen LogP contribution in [-0.2, 0) is 20.8 Å². The van der Waals surface area contributed by atoms with Crippen molar-refractivity contribution in [1.82, 2.24) is 15.4 Å². The molecule has 1 fully saturated rings. The lowest BCUT2D eigenvalue weighted by Crippen LogP contribution is -2.55. The Morgan fingerprint density at radius 3 is 2.46 bits per heavy atom. The molecule has 2 aromatic carbocycles. The Labute approximate surface area is 202 Å². The molecule has 0 radical (unpaired) electrons. The topological polar surface area (TPSA) is 109 Å². The number of aromatic nitrogens is 1. The molecule has 1 saturated heterocycles. The van der Waals surface area contributed by atoms with Gasteiger partial charge in [-0.15, -0.1) is 0 Å². The SMILES string of the molecule is CCOc1ccc(N2C(=O)CC(N(NC(=O)c3cccnc3)C(=O)Cc3ccccc3)C2=O)cc1. The average Bonchev–Trinajstić information content (AvgIpc) is 3.17. The first-order chi connectivity index (χ1) is 17.0. The Morgan fingerprint density at radius 2 is 1.80 bits per heavy atom. The lowest BCUT2D eigenvalue weighted by molar-refractivity contribution is -0.140. The number of rotatable bonds is 7. The number of pyridine rings is 1. The highest BCUT2D eigenvalue weighted by Crippen LogP contribution is 2.27. The van der Waals surface area contributed by atoms with Gasteiger partial charge in [0.25, 0.3) is 11.8 Å². The van der Waals surface area contributed by atoms with Gasteiger partial charge in [-0.3, -0.25) is 29.6 Å². The predicted molar refractivity (Wildman–Crippen MR) is 127 cm³/mol. The summed E-state index contributed by atoms with van der Waals surface area (Å²) >= 11 is 0. The molecule has 1 unspecified atom stereocenters. The van der Waals surface area contributed by atoms with E-state index in [1.54, 1.807) is 54.6 Å². The summed E-state index contributed by atoms with van der Waals surface area (Å²) in [4.78, 5) is 57.3. The molecule has 0 saturated carbocycles. The number of carbonyl (C=O) groups is 4. The summed E-state index contributed by atoms with van der Waals surface area (Å²) in [6, 6.07) is 17.4. The van der Waals surface area contributed by atoms with Crippen molar-refractivity contribution in [2.24, 2.45) is 0 Å². The fourth-order valence-corrected chi connectivity index (χ4v) is 3.79. The summed E-state index contributed by atoms with van der Waals surface area (Å²) in [6.07, 6.45) is 2.54. The van der Waals surface area contributed by atoms with E-state index in [0.717, 1.165) is 9.91 Å². The number of nitrogens with one attached hydrogen (secondary N) is 1. The number of imide groups is 1. The molecule has 1 aromatic heterocycles. The van der Waals surface area contributed by atoms with Crippen LogP contribution >= 0.6 is 0 Å². The maximum atomic E-state index is 13.4. The summed E-state index contributed by atoms with van der Waals surface area (Å²) in [5.41, 5.74) is 3.81. The molecule has 2 heterocycles. The van der Waals surface area contributed by atoms with Crippen molar-refractivity contribution in [3.63, 3.8) is 0 Å². The zero-order valence-electron chi connectivity index (χ0n) is 19.1. The van der Waals surface area contributed by atoms with Crippen LogP contribution in [0.25, 0.3) is 0 Å². The number of benzene rings is 2. The number of amides is 4. The minimum atomic E-state index is -1.19. The number of hydrogen-bond acceptors (Lipinski definition) is 6. The third-order valence-corrected chi connectivity index (χ3v) is 5.45. The van der Waals surface area contributed by atoms with Gasteiger partial charge in [0.1, 0.15) is 11.8 Å². The number of anilines is 1. The van der Waals surface area contributed by atoms with Crippen LogP contribution in [0.15, 0.2) is 79.1 Å². The van der Waals surface area contributed by atoms with E-state index in [4.69, 9.17) is 4.74 Å². The zero-order valence-corrected chi connectivity index (χ0v) is 19.1. The van der Waals surface area contributed by atoms with Gasteiger partial charge >= 0.3 is 0 Å². The molecule has 4 amide bonds. The number of ether oxygens (including phenoxy) is 1. The van der Waals surface area contributed by atoms with Crippen molar-refractivity contribution in [1.29, 1.82) is 0 Å². The molecule has 0 spiro atoms. The van der Waals surface area contributed by atoms with Gasteiger partial charge in [0, 0.05) is 12.4 Å². The maximum Gasteiger partial charge on any atom is 0.271 e. The Balaban J connectivity index is 1.60. The van der Waals surface area contributed by atoms with Crippen LogP contribution < -0.4 is 15.1 Å². The third kappa shape index (κ3) is 5.35. The molecule has 1 aliphatic rings. The first-order valence-corrected chi connectivity index (χ1v) is 11.1. The minimum Gasteiger partial charge on any atom is -0.494 e. The van der Waals surface area contributed by atoms with Crippen LogP contribution in [0, 0.1) is 0 Å². The van der Waals surface area contributed by atoms with Crippen LogP contribution in [0.2, 0.25) is 0 Å². The van der Waals surface area contributed by atoms with Gasteiger partial charge in [-0.1, -0.05) is 30.3 Å². The largest absolute Gasteiger partial charge is 0.494 e. The average molecular weight is 473 g/mol. The van der Waals surface area contributed by atoms with Crippen LogP contribution in [0.4, 0.5) is 5.69 Å². The van der Waals surface area contributed by atoms with Crippen molar-refractivity contribution in [3.05, 3.63) is 90.3 Å². The molecule has 0 aliphatic carbocycles. The van der Waals surface area contributed by atoms with E-state index >= 15 is 0 Å². The second-order valence-electron chi connectivity index (χ2n) is 7.82. The molecular formula is C26H24N4O5. The van der Waals surface area contributed by atoms with Crippen molar-refractivity contribution >= 4 is 29.3 Å². The number of nitrogens with zero attached hydrogens (tertiary/aromatic N) is 3. The van der Waals surface area contributed by atoms with Crippen molar-refractivity contribution in [2.75, 3.05) is 11.5 Å². The van der Waals surface area contributed by atoms with E-state index in [1.807, 2.05) is 13.0 Å². The van der Waals surface area contributed by atoms with Gasteiger partial charge in [0.15, 0.2) is 0 Å². The second-order valence-corrected chi connectivity index (χ2v) is 7.82. The molecule has 0 bridgehead atoms. The Kier molecular flexibility index (Phi) is 7.15. The van der Waals surface area contributed by atoms with Gasteiger partial charge in [0.2, 0.25) is 11.8 Å². The van der Waals surface area contributed by atoms with Crippen LogP contribution in [0.3, 0.4) is 0 Å². The molecule has 1 aliphatic heterocycles. The van der Waals surface area contributed by atoms with Crippen LogP contribution in [0.5, 0.6) is 5.75 Å². The Hall–Kier alpha value is -4.53. The Bertz CT molecular complexity index is 1220. The lowest BCUT2D eigenvalue weighted by Gasteiger charge is -2.28. The van der Waals surface area contributed by atoms with E-state index in [-0.39, 0.29) is 18.4 Å². The fourth-order valence-electron chi connectivity index (χ4n) is 3.79. The van der Waals surface area contributed by atoms with Crippen molar-refractivity contribution < 1.29 is 23.9 Å². The molecule has 3 aromatic rings. The zero-order chi connectivity index (χ0) is 24.8. The van der Waals surface area contributed by atoms with Crippen molar-refractivity contribution in [3.8, 4) is 5.75 Å². The van der Waals surface area contributed by atoms with E-state index in [9.17, 15) is 19.2 Å². The normalized spacial score (nSPS) is 15.1. The number of hydrogen-bond donors (Lipinski definition) is 1. The molecule has 9 heteroatoms. The highest BCUT2D eigenvalue weighted by Gasteiger charge is 2.45. The lowest BCUT2D eigenvalue weighted by atomic mass is 10.1. The summed E-state index contributed by atoms with van der Waals surface area (Å²) in [7, 11) is 0. The number of carbonyl (C=O) groups excluding carboxylic acids is 4. The maximum absolute atomic E-state index is 13.4. The molecule has 1 atom stereocenters. The molecule has 1 N–H and O–H groups in total. The third-order valence-electron chi connectivity index (χ3n) is 5.45. The molecular weight excluding hydrogens is 448 g/mol. The molecule has 178 valence electrons. The first-order valence-electron chi connectivity index (χ1n) is 11.1. The van der Waals surface area contributed by atoms with E-state index in [0.29, 0.717) is 23.6 Å². The van der Waals surface area contributed by atoms with Gasteiger partial charge in [0.05, 0.1) is 30.7 Å². The standard InChI is InChI=1S/C26H24N4O5/c1-2-35-21-12-10-20(11-13-21)29-23(31)16-22(26(29)34)30(24(32)15-18-7-4-3-5-8-18)28-25(33)19-9-6-14-27-17-19/h3-14,17,22H,2,15-16H2,1H3,(H,28,33). The summed E-state index contributed by atoms with van der Waals surface area (Å²) in [6.45, 7) is 2.34. The van der Waals surface area contributed by atoms with Gasteiger partial charge in [-0.05, 0) is 48.9 Å². The Morgan fingerprint density at radius 1 is 1.06 bits per heavy atom.